The lowest BCUT2D eigenvalue weighted by atomic mass is 9.97. The van der Waals surface area contributed by atoms with Crippen LogP contribution < -0.4 is 10.1 Å². The molecule has 7 nitrogen and oxygen atoms in total. The van der Waals surface area contributed by atoms with Gasteiger partial charge in [-0.3, -0.25) is 9.59 Å². The van der Waals surface area contributed by atoms with Crippen molar-refractivity contribution < 1.29 is 19.5 Å². The van der Waals surface area contributed by atoms with E-state index in [1.54, 1.807) is 16.7 Å². The molecule has 2 aromatic carbocycles. The first-order chi connectivity index (χ1) is 15.8. The number of benzene rings is 2. The highest BCUT2D eigenvalue weighted by molar-refractivity contribution is 7.16. The number of aromatic nitrogens is 1. The van der Waals surface area contributed by atoms with Gasteiger partial charge in [0.2, 0.25) is 5.91 Å². The number of fused-ring (bicyclic) bond motifs is 1. The molecule has 8 heteroatoms. The number of carboxylic acids is 1. The predicted octanol–water partition coefficient (Wildman–Crippen LogP) is 4.22. The molecule has 0 saturated heterocycles. The molecule has 2 amide bonds. The molecule has 1 fully saturated rings. The lowest BCUT2D eigenvalue weighted by Gasteiger charge is -2.28. The number of hydrogen-bond donors (Lipinski definition) is 2. The van der Waals surface area contributed by atoms with Crippen LogP contribution >= 0.6 is 11.3 Å². The van der Waals surface area contributed by atoms with Gasteiger partial charge >= 0.3 is 5.97 Å². The molecule has 0 spiro atoms. The molecule has 172 valence electrons. The van der Waals surface area contributed by atoms with Gasteiger partial charge in [0.1, 0.15) is 11.6 Å². The summed E-state index contributed by atoms with van der Waals surface area (Å²) in [5, 5.41) is 12.6. The third-order valence-electron chi connectivity index (χ3n) is 6.26. The van der Waals surface area contributed by atoms with Crippen LogP contribution in [0.5, 0.6) is 0 Å². The van der Waals surface area contributed by atoms with E-state index in [1.165, 1.54) is 11.3 Å². The molecule has 1 heterocycles. The van der Waals surface area contributed by atoms with Crippen molar-refractivity contribution in [2.45, 2.75) is 57.5 Å². The maximum absolute atomic E-state index is 13.4. The molecule has 0 radical (unpaired) electrons. The van der Waals surface area contributed by atoms with Crippen LogP contribution in [-0.4, -0.2) is 33.0 Å². The average Bonchev–Trinajstić information content (AvgIpc) is 3.41. The number of nitrogens with one attached hydrogen (secondary N) is 1. The Morgan fingerprint density at radius 2 is 1.79 bits per heavy atom. The Morgan fingerprint density at radius 3 is 2.42 bits per heavy atom. The lowest BCUT2D eigenvalue weighted by molar-refractivity contribution is -0.148. The van der Waals surface area contributed by atoms with Crippen LogP contribution in [0.1, 0.15) is 61.0 Å². The fourth-order valence-electron chi connectivity index (χ4n) is 4.39. The Bertz CT molecular complexity index is 1270. The van der Waals surface area contributed by atoms with Crippen molar-refractivity contribution in [3.8, 4) is 0 Å². The van der Waals surface area contributed by atoms with Crippen molar-refractivity contribution in [3.05, 3.63) is 64.5 Å². The summed E-state index contributed by atoms with van der Waals surface area (Å²) in [5.41, 5.74) is 1.07. The number of carbonyl (C=O) groups excluding carboxylic acids is 2. The van der Waals surface area contributed by atoms with Gasteiger partial charge in [-0.15, -0.1) is 0 Å². The highest BCUT2D eigenvalue weighted by Gasteiger charge is 2.43. The number of carbonyl (C=O) groups is 3. The van der Waals surface area contributed by atoms with Crippen LogP contribution in [0.2, 0.25) is 0 Å². The summed E-state index contributed by atoms with van der Waals surface area (Å²) in [6.45, 7) is 3.82. The summed E-state index contributed by atoms with van der Waals surface area (Å²) in [6.07, 6.45) is 2.80. The minimum absolute atomic E-state index is 0.366. The molecular weight excluding hydrogens is 438 g/mol. The number of aliphatic carboxylic acids is 1. The molecule has 1 unspecified atom stereocenters. The molecule has 3 aromatic rings. The molecule has 1 aliphatic rings. The van der Waals surface area contributed by atoms with Gasteiger partial charge in [-0.05, 0) is 50.5 Å². The average molecular weight is 466 g/mol. The van der Waals surface area contributed by atoms with Gasteiger partial charge < -0.3 is 15.0 Å². The first-order valence-electron chi connectivity index (χ1n) is 11.2. The zero-order chi connectivity index (χ0) is 23.6. The molecular formula is C25H27N3O4S. The molecule has 0 aliphatic heterocycles. The third-order valence-corrected chi connectivity index (χ3v) is 7.29. The van der Waals surface area contributed by atoms with Crippen LogP contribution in [0.4, 0.5) is 0 Å². The normalized spacial score (nSPS) is 16.6. The zero-order valence-corrected chi connectivity index (χ0v) is 19.5. The van der Waals surface area contributed by atoms with E-state index >= 15 is 0 Å². The number of hydrogen-bond acceptors (Lipinski definition) is 4. The highest BCUT2D eigenvalue weighted by Crippen LogP contribution is 2.31. The molecule has 1 saturated carbocycles. The van der Waals surface area contributed by atoms with Crippen molar-refractivity contribution >= 4 is 39.3 Å². The van der Waals surface area contributed by atoms with E-state index < -0.39 is 17.6 Å². The van der Waals surface area contributed by atoms with Gasteiger partial charge in [-0.25, -0.2) is 4.79 Å². The fraction of sp³-hybridized carbons (Fsp3) is 0.360. The lowest BCUT2D eigenvalue weighted by Crippen LogP contribution is -2.54. The third kappa shape index (κ3) is 4.48. The van der Waals surface area contributed by atoms with E-state index in [0.29, 0.717) is 29.6 Å². The Balaban J connectivity index is 1.78. The molecule has 0 bridgehead atoms. The maximum Gasteiger partial charge on any atom is 0.329 e. The second kappa shape index (κ2) is 9.31. The fourth-order valence-corrected chi connectivity index (χ4v) is 5.46. The van der Waals surface area contributed by atoms with E-state index in [4.69, 9.17) is 0 Å². The summed E-state index contributed by atoms with van der Waals surface area (Å²) < 4.78 is 2.67. The second-order valence-electron chi connectivity index (χ2n) is 8.51. The van der Waals surface area contributed by atoms with Gasteiger partial charge in [0, 0.05) is 5.56 Å². The largest absolute Gasteiger partial charge is 0.480 e. The Hall–Kier alpha value is -3.26. The van der Waals surface area contributed by atoms with Crippen molar-refractivity contribution in [1.82, 2.24) is 9.88 Å². The highest BCUT2D eigenvalue weighted by atomic mass is 32.1. The second-order valence-corrected chi connectivity index (χ2v) is 9.52. The van der Waals surface area contributed by atoms with Gasteiger partial charge in [0.15, 0.2) is 4.80 Å². The zero-order valence-electron chi connectivity index (χ0n) is 18.7. The minimum Gasteiger partial charge on any atom is -0.480 e. The number of para-hydroxylation sites is 1. The summed E-state index contributed by atoms with van der Waals surface area (Å²) in [7, 11) is 0. The Labute approximate surface area is 195 Å². The molecule has 2 N–H and O–H groups in total. The molecule has 33 heavy (non-hydrogen) atoms. The van der Waals surface area contributed by atoms with Gasteiger partial charge in [0.25, 0.3) is 5.91 Å². The van der Waals surface area contributed by atoms with Crippen molar-refractivity contribution in [1.29, 1.82) is 0 Å². The first kappa shape index (κ1) is 22.9. The number of amides is 2. The number of aryl methyl sites for hydroxylation is 1. The molecule has 1 aromatic heterocycles. The van der Waals surface area contributed by atoms with Gasteiger partial charge in [0.05, 0.1) is 10.2 Å². The van der Waals surface area contributed by atoms with E-state index in [-0.39, 0.29) is 11.8 Å². The smallest absolute Gasteiger partial charge is 0.329 e. The quantitative estimate of drug-likeness (QED) is 0.569. The predicted molar refractivity (Wildman–Crippen MR) is 127 cm³/mol. The number of carboxylic acid groups (broad SMARTS) is 1. The molecule has 4 rings (SSSR count). The minimum atomic E-state index is -1.23. The number of nitrogens with zero attached hydrogens (tertiary/aromatic N) is 2. The van der Waals surface area contributed by atoms with E-state index in [0.717, 1.165) is 28.6 Å². The molecule has 1 aliphatic carbocycles. The monoisotopic (exact) mass is 465 g/mol. The van der Waals surface area contributed by atoms with Crippen LogP contribution in [0.3, 0.4) is 0 Å². The number of rotatable bonds is 6. The van der Waals surface area contributed by atoms with Crippen molar-refractivity contribution in [2.24, 2.45) is 4.99 Å². The van der Waals surface area contributed by atoms with Gasteiger partial charge in [-0.2, -0.15) is 4.99 Å². The van der Waals surface area contributed by atoms with Crippen LogP contribution in [0, 0.1) is 6.92 Å². The van der Waals surface area contributed by atoms with Crippen molar-refractivity contribution in [3.63, 3.8) is 0 Å². The standard InChI is InChI=1S/C25H27N3O4S/c1-3-18(22(30)27-25(23(31)32)14-6-7-15-25)28-19-8-4-5-9-20(19)33-24(28)26-21(29)17-12-10-16(2)11-13-17/h4-5,8-13,18H,3,6-7,14-15H2,1-2H3,(H,27,30)(H,31,32). The summed E-state index contributed by atoms with van der Waals surface area (Å²) in [4.78, 5) is 43.1. The number of thiazole rings is 1. The van der Waals surface area contributed by atoms with Crippen molar-refractivity contribution in [2.75, 3.05) is 0 Å². The topological polar surface area (TPSA) is 101 Å². The van der Waals surface area contributed by atoms with Crippen LogP contribution in [0.15, 0.2) is 53.5 Å². The van der Waals surface area contributed by atoms with E-state index in [9.17, 15) is 19.5 Å². The van der Waals surface area contributed by atoms with Crippen LogP contribution in [0.25, 0.3) is 10.2 Å². The first-order valence-corrected chi connectivity index (χ1v) is 12.0. The van der Waals surface area contributed by atoms with E-state index in [2.05, 4.69) is 10.3 Å². The molecule has 1 atom stereocenters. The van der Waals surface area contributed by atoms with Crippen LogP contribution in [-0.2, 0) is 9.59 Å². The van der Waals surface area contributed by atoms with Gasteiger partial charge in [-0.1, -0.05) is 60.9 Å². The van der Waals surface area contributed by atoms with E-state index in [1.807, 2.05) is 50.2 Å². The summed E-state index contributed by atoms with van der Waals surface area (Å²) in [6, 6.07) is 14.1. The Kier molecular flexibility index (Phi) is 6.47. The maximum atomic E-state index is 13.4. The SMILES string of the molecule is CCC(C(=O)NC1(C(=O)O)CCCC1)n1c(=NC(=O)c2ccc(C)cc2)sc2ccccc21. The Morgan fingerprint density at radius 1 is 1.12 bits per heavy atom. The summed E-state index contributed by atoms with van der Waals surface area (Å²) >= 11 is 1.34. The summed E-state index contributed by atoms with van der Waals surface area (Å²) in [5.74, 6) is -1.75.